The first-order chi connectivity index (χ1) is 5.74. The van der Waals surface area contributed by atoms with Gasteiger partial charge in [0.15, 0.2) is 0 Å². The third kappa shape index (κ3) is 2.27. The molecule has 0 N–H and O–H groups in total. The van der Waals surface area contributed by atoms with Crippen molar-refractivity contribution in [2.45, 2.75) is 19.8 Å². The maximum atomic E-state index is 10.1. The second-order valence-corrected chi connectivity index (χ2v) is 3.24. The topological polar surface area (TPSA) is 29.4 Å². The van der Waals surface area contributed by atoms with Crippen LogP contribution in [0.15, 0.2) is 28.6 Å². The Bertz CT molecular complexity index is 299. The highest BCUT2D eigenvalue weighted by Gasteiger charge is 1.97. The van der Waals surface area contributed by atoms with Crippen LogP contribution in [0.4, 0.5) is 5.69 Å². The Labute approximate surface area is 75.9 Å². The quantitative estimate of drug-likeness (QED) is 0.689. The lowest BCUT2D eigenvalue weighted by atomic mass is 10.0. The molecule has 0 saturated carbocycles. The first-order valence-corrected chi connectivity index (χ1v) is 4.54. The third-order valence-corrected chi connectivity index (χ3v) is 1.99. The van der Waals surface area contributed by atoms with Crippen molar-refractivity contribution >= 4 is 17.2 Å². The predicted molar refractivity (Wildman–Crippen MR) is 50.8 cm³/mol. The SMILES string of the molecule is CC(C)c1ccc(N=S=O)cc1. The summed E-state index contributed by atoms with van der Waals surface area (Å²) in [4.78, 5) is 0. The number of hydrogen-bond donors (Lipinski definition) is 0. The maximum Gasteiger partial charge on any atom is 0.205 e. The summed E-state index contributed by atoms with van der Waals surface area (Å²) >= 11 is 0.244. The molecule has 1 aromatic carbocycles. The molecule has 0 bridgehead atoms. The second-order valence-electron chi connectivity index (χ2n) is 2.91. The molecule has 1 rings (SSSR count). The van der Waals surface area contributed by atoms with Crippen LogP contribution in [0.5, 0.6) is 0 Å². The molecule has 0 atom stereocenters. The molecule has 0 heterocycles. The van der Waals surface area contributed by atoms with Gasteiger partial charge in [0.05, 0.1) is 5.69 Å². The van der Waals surface area contributed by atoms with Gasteiger partial charge in [0.2, 0.25) is 11.5 Å². The van der Waals surface area contributed by atoms with Crippen LogP contribution in [0.25, 0.3) is 0 Å². The standard InChI is InChI=1S/C9H11NOS/c1-7(2)8-3-5-9(6-4-8)10-12-11/h3-7H,1-2H3. The van der Waals surface area contributed by atoms with Gasteiger partial charge in [-0.05, 0) is 23.6 Å². The average molecular weight is 181 g/mol. The fourth-order valence-electron chi connectivity index (χ4n) is 0.963. The first-order valence-electron chi connectivity index (χ1n) is 3.84. The van der Waals surface area contributed by atoms with Gasteiger partial charge in [0.25, 0.3) is 0 Å². The summed E-state index contributed by atoms with van der Waals surface area (Å²) in [5.41, 5.74) is 2.00. The van der Waals surface area contributed by atoms with E-state index < -0.39 is 0 Å². The van der Waals surface area contributed by atoms with E-state index in [9.17, 15) is 4.21 Å². The van der Waals surface area contributed by atoms with Crippen LogP contribution in [0, 0.1) is 0 Å². The van der Waals surface area contributed by atoms with Gasteiger partial charge in [0, 0.05) is 0 Å². The Kier molecular flexibility index (Phi) is 3.17. The van der Waals surface area contributed by atoms with Gasteiger partial charge in [0.1, 0.15) is 0 Å². The summed E-state index contributed by atoms with van der Waals surface area (Å²) in [6.07, 6.45) is 0. The van der Waals surface area contributed by atoms with E-state index in [0.717, 1.165) is 5.69 Å². The molecular weight excluding hydrogens is 170 g/mol. The molecule has 1 aromatic rings. The molecule has 0 saturated heterocycles. The molecule has 0 aliphatic rings. The van der Waals surface area contributed by atoms with Crippen LogP contribution in [-0.2, 0) is 11.5 Å². The second kappa shape index (κ2) is 4.16. The zero-order valence-electron chi connectivity index (χ0n) is 7.15. The fourth-order valence-corrected chi connectivity index (χ4v) is 1.17. The summed E-state index contributed by atoms with van der Waals surface area (Å²) in [6, 6.07) is 7.72. The molecule has 0 unspecified atom stereocenters. The zero-order valence-corrected chi connectivity index (χ0v) is 7.97. The van der Waals surface area contributed by atoms with Crippen molar-refractivity contribution in [3.05, 3.63) is 29.8 Å². The van der Waals surface area contributed by atoms with Crippen molar-refractivity contribution in [1.29, 1.82) is 0 Å². The molecular formula is C9H11NOS. The Balaban J connectivity index is 2.92. The number of hydrogen-bond acceptors (Lipinski definition) is 2. The Hall–Kier alpha value is -0.960. The van der Waals surface area contributed by atoms with Gasteiger partial charge in [-0.1, -0.05) is 26.0 Å². The number of rotatable bonds is 2. The van der Waals surface area contributed by atoms with E-state index in [4.69, 9.17) is 0 Å². The van der Waals surface area contributed by atoms with Gasteiger partial charge in [-0.2, -0.15) is 8.57 Å². The van der Waals surface area contributed by atoms with Crippen molar-refractivity contribution in [3.8, 4) is 0 Å². The molecule has 12 heavy (non-hydrogen) atoms. The molecule has 0 aromatic heterocycles. The monoisotopic (exact) mass is 181 g/mol. The lowest BCUT2D eigenvalue weighted by Crippen LogP contribution is -1.84. The predicted octanol–water partition coefficient (Wildman–Crippen LogP) is 2.84. The first kappa shape index (κ1) is 9.13. The molecule has 0 aliphatic heterocycles. The van der Waals surface area contributed by atoms with Crippen molar-refractivity contribution < 1.29 is 4.21 Å². The smallest absolute Gasteiger partial charge is 0.191 e. The van der Waals surface area contributed by atoms with E-state index in [2.05, 4.69) is 18.2 Å². The van der Waals surface area contributed by atoms with Crippen LogP contribution in [0.2, 0.25) is 0 Å². The van der Waals surface area contributed by atoms with Crippen molar-refractivity contribution in [2.75, 3.05) is 0 Å². The fraction of sp³-hybridized carbons (Fsp3) is 0.333. The minimum absolute atomic E-state index is 0.244. The highest BCUT2D eigenvalue weighted by atomic mass is 32.1. The van der Waals surface area contributed by atoms with Crippen LogP contribution >= 0.6 is 0 Å². The van der Waals surface area contributed by atoms with Crippen LogP contribution in [0.1, 0.15) is 25.3 Å². The largest absolute Gasteiger partial charge is 0.205 e. The van der Waals surface area contributed by atoms with Crippen LogP contribution < -0.4 is 0 Å². The lowest BCUT2D eigenvalue weighted by molar-refractivity contribution is 0.698. The van der Waals surface area contributed by atoms with Gasteiger partial charge < -0.3 is 0 Å². The zero-order chi connectivity index (χ0) is 8.97. The minimum Gasteiger partial charge on any atom is -0.191 e. The van der Waals surface area contributed by atoms with Gasteiger partial charge in [-0.3, -0.25) is 0 Å². The Morgan fingerprint density at radius 1 is 1.25 bits per heavy atom. The van der Waals surface area contributed by atoms with Crippen molar-refractivity contribution in [2.24, 2.45) is 4.36 Å². The van der Waals surface area contributed by atoms with Gasteiger partial charge in [-0.15, -0.1) is 0 Å². The molecule has 0 amide bonds. The molecule has 2 nitrogen and oxygen atoms in total. The number of nitrogens with zero attached hydrogens (tertiary/aromatic N) is 1. The van der Waals surface area contributed by atoms with Crippen LogP contribution in [0.3, 0.4) is 0 Å². The van der Waals surface area contributed by atoms with Gasteiger partial charge >= 0.3 is 0 Å². The summed E-state index contributed by atoms with van der Waals surface area (Å²) in [6.45, 7) is 4.27. The summed E-state index contributed by atoms with van der Waals surface area (Å²) in [5.74, 6) is 0.527. The van der Waals surface area contributed by atoms with Gasteiger partial charge in [-0.25, -0.2) is 0 Å². The third-order valence-electron chi connectivity index (χ3n) is 1.70. The maximum absolute atomic E-state index is 10.1. The molecule has 64 valence electrons. The number of benzene rings is 1. The van der Waals surface area contributed by atoms with Crippen LogP contribution in [-0.4, -0.2) is 4.21 Å². The molecule has 0 fully saturated rings. The Morgan fingerprint density at radius 3 is 2.25 bits per heavy atom. The van der Waals surface area contributed by atoms with Crippen molar-refractivity contribution in [3.63, 3.8) is 0 Å². The highest BCUT2D eigenvalue weighted by molar-refractivity contribution is 7.54. The van der Waals surface area contributed by atoms with E-state index in [-0.39, 0.29) is 11.5 Å². The summed E-state index contributed by atoms with van der Waals surface area (Å²) in [7, 11) is 0. The minimum atomic E-state index is 0.244. The molecule has 0 aliphatic carbocycles. The lowest BCUT2D eigenvalue weighted by Gasteiger charge is -2.03. The van der Waals surface area contributed by atoms with E-state index in [1.165, 1.54) is 5.56 Å². The van der Waals surface area contributed by atoms with E-state index in [1.807, 2.05) is 24.3 Å². The van der Waals surface area contributed by atoms with E-state index in [1.54, 1.807) is 0 Å². The Morgan fingerprint density at radius 2 is 1.83 bits per heavy atom. The summed E-state index contributed by atoms with van der Waals surface area (Å²) < 4.78 is 13.7. The molecule has 0 spiro atoms. The highest BCUT2D eigenvalue weighted by Crippen LogP contribution is 2.18. The van der Waals surface area contributed by atoms with Crippen molar-refractivity contribution in [1.82, 2.24) is 0 Å². The molecule has 0 radical (unpaired) electrons. The summed E-state index contributed by atoms with van der Waals surface area (Å²) in [5, 5.41) is 0. The van der Waals surface area contributed by atoms with E-state index in [0.29, 0.717) is 5.92 Å². The molecule has 3 heteroatoms. The van der Waals surface area contributed by atoms with E-state index >= 15 is 0 Å². The average Bonchev–Trinajstić information content (AvgIpc) is 2.06. The normalized spacial score (nSPS) is 9.92.